The predicted octanol–water partition coefficient (Wildman–Crippen LogP) is 2.42. The molecule has 6 heteroatoms. The lowest BCUT2D eigenvalue weighted by molar-refractivity contribution is 0.406. The molecule has 0 aromatic carbocycles. The Morgan fingerprint density at radius 2 is 1.20 bits per heavy atom. The van der Waals surface area contributed by atoms with Gasteiger partial charge in [-0.3, -0.25) is 5.14 Å². The second-order valence-electron chi connectivity index (χ2n) is 1.38. The third-order valence-corrected chi connectivity index (χ3v) is 1.02. The van der Waals surface area contributed by atoms with E-state index >= 15 is 0 Å². The first kappa shape index (κ1) is 19.4. The largest absolute Gasteiger partial charge is 0.474 e. The van der Waals surface area contributed by atoms with Gasteiger partial charge in [0.1, 0.15) is 4.32 Å². The van der Waals surface area contributed by atoms with Crippen LogP contribution in [0.15, 0.2) is 51.4 Å². The molecule has 0 aliphatic rings. The number of hydrogen-bond donors (Lipinski definition) is 2. The average molecular weight is 248 g/mol. The minimum absolute atomic E-state index is 0.282. The van der Waals surface area contributed by atoms with Crippen LogP contribution in [0, 0.1) is 0 Å². The Morgan fingerprint density at radius 3 is 1.20 bits per heavy atom. The van der Waals surface area contributed by atoms with Gasteiger partial charge in [0.2, 0.25) is 0 Å². The summed E-state index contributed by atoms with van der Waals surface area (Å²) >= 11 is 5.20. The topological polar surface area (TPSA) is 70.5 Å². The van der Waals surface area contributed by atoms with E-state index in [1.54, 1.807) is 0 Å². The van der Waals surface area contributed by atoms with Gasteiger partial charge in [-0.1, -0.05) is 38.5 Å². The summed E-state index contributed by atoms with van der Waals surface area (Å²) in [5.41, 5.74) is 4.86. The molecule has 0 saturated carbocycles. The number of rotatable bonds is 4. The maximum Gasteiger partial charge on any atom is 0.146 e. The van der Waals surface area contributed by atoms with Crippen LogP contribution in [0.4, 0.5) is 0 Å². The van der Waals surface area contributed by atoms with Crippen LogP contribution in [-0.2, 0) is 9.47 Å². The van der Waals surface area contributed by atoms with Crippen molar-refractivity contribution < 1.29 is 9.47 Å². The molecule has 0 heterocycles. The van der Waals surface area contributed by atoms with Crippen LogP contribution >= 0.6 is 24.2 Å². The summed E-state index contributed by atoms with van der Waals surface area (Å²) in [5, 5.41) is 4.82. The lowest BCUT2D eigenvalue weighted by atomic mass is 11.1. The third-order valence-electron chi connectivity index (χ3n) is 0.501. The van der Waals surface area contributed by atoms with Gasteiger partial charge in [0.15, 0.2) is 0 Å². The fraction of sp³-hybridized carbons (Fsp3) is 0. The fourth-order valence-electron chi connectivity index (χ4n) is 0.136. The van der Waals surface area contributed by atoms with E-state index in [4.69, 9.17) is 10.9 Å². The van der Waals surface area contributed by atoms with Gasteiger partial charge in [0, 0.05) is 0 Å². The van der Waals surface area contributed by atoms with E-state index in [9.17, 15) is 0 Å². The average Bonchev–Trinajstić information content (AvgIpc) is 2.22. The number of hydrogen-bond acceptors (Lipinski definition) is 5. The zero-order valence-corrected chi connectivity index (χ0v) is 10.1. The second kappa shape index (κ2) is 23.0. The van der Waals surface area contributed by atoms with E-state index in [2.05, 4.69) is 48.0 Å². The molecule has 0 fully saturated rings. The van der Waals surface area contributed by atoms with Crippen molar-refractivity contribution in [3.63, 3.8) is 0 Å². The third kappa shape index (κ3) is 65.2. The van der Waals surface area contributed by atoms with E-state index in [1.807, 2.05) is 0 Å². The first-order valence-corrected chi connectivity index (χ1v) is 4.80. The molecular formula is C9H16N2O2S2. The standard InChI is InChI=1S/2C4H6O.CH4N2S2/c2*1-3-5-4-2;2-1(4)5-3/h2*3-4H,1-2H2;3H2,(H2,2,4). The molecule has 0 aromatic heterocycles. The molecule has 4 nitrogen and oxygen atoms in total. The van der Waals surface area contributed by atoms with Crippen LogP contribution in [0.1, 0.15) is 0 Å². The summed E-state index contributed by atoms with van der Waals surface area (Å²) in [5.74, 6) is 0. The smallest absolute Gasteiger partial charge is 0.146 e. The van der Waals surface area contributed by atoms with Gasteiger partial charge >= 0.3 is 0 Å². The van der Waals surface area contributed by atoms with Crippen molar-refractivity contribution in [3.8, 4) is 0 Å². The van der Waals surface area contributed by atoms with Gasteiger partial charge in [0.05, 0.1) is 25.0 Å². The molecule has 0 saturated heterocycles. The monoisotopic (exact) mass is 248 g/mol. The summed E-state index contributed by atoms with van der Waals surface area (Å²) in [4.78, 5) is 0. The molecule has 0 aliphatic heterocycles. The summed E-state index contributed by atoms with van der Waals surface area (Å²) in [6.07, 6.45) is 5.25. The molecule has 0 aliphatic carbocycles. The van der Waals surface area contributed by atoms with Crippen LogP contribution < -0.4 is 10.9 Å². The Morgan fingerprint density at radius 1 is 1.00 bits per heavy atom. The van der Waals surface area contributed by atoms with Gasteiger partial charge in [-0.15, -0.1) is 0 Å². The Kier molecular flexibility index (Phi) is 29.7. The van der Waals surface area contributed by atoms with Crippen molar-refractivity contribution in [2.45, 2.75) is 0 Å². The lowest BCUT2D eigenvalue weighted by Crippen LogP contribution is -2.04. The van der Waals surface area contributed by atoms with Gasteiger partial charge in [-0.25, -0.2) is 0 Å². The van der Waals surface area contributed by atoms with Crippen molar-refractivity contribution >= 4 is 28.5 Å². The molecule has 4 N–H and O–H groups in total. The summed E-state index contributed by atoms with van der Waals surface area (Å²) in [6, 6.07) is 0. The molecule has 0 unspecified atom stereocenters. The van der Waals surface area contributed by atoms with Crippen LogP contribution in [-0.4, -0.2) is 4.32 Å². The molecule has 0 atom stereocenters. The van der Waals surface area contributed by atoms with E-state index < -0.39 is 0 Å². The van der Waals surface area contributed by atoms with Crippen molar-refractivity contribution in [2.24, 2.45) is 10.9 Å². The summed E-state index contributed by atoms with van der Waals surface area (Å²) in [7, 11) is 0. The van der Waals surface area contributed by atoms with E-state index in [0.717, 1.165) is 11.9 Å². The summed E-state index contributed by atoms with van der Waals surface area (Å²) < 4.78 is 9.00. The van der Waals surface area contributed by atoms with Crippen molar-refractivity contribution in [1.29, 1.82) is 0 Å². The molecule has 15 heavy (non-hydrogen) atoms. The highest BCUT2D eigenvalue weighted by molar-refractivity contribution is 8.21. The van der Waals surface area contributed by atoms with Crippen molar-refractivity contribution in [3.05, 3.63) is 51.4 Å². The van der Waals surface area contributed by atoms with Crippen LogP contribution in [0.2, 0.25) is 0 Å². The normalized spacial score (nSPS) is 6.20. The van der Waals surface area contributed by atoms with Gasteiger partial charge in [0.25, 0.3) is 0 Å². The Bertz CT molecular complexity index is 171. The molecule has 0 amide bonds. The number of nitrogens with two attached hydrogens (primary N) is 2. The molecule has 0 radical (unpaired) electrons. The number of thiocarbonyl (C=S) groups is 1. The quantitative estimate of drug-likeness (QED) is 0.452. The second-order valence-corrected chi connectivity index (χ2v) is 2.75. The molecule has 0 bridgehead atoms. The Labute approximate surface area is 100 Å². The maximum absolute atomic E-state index is 4.86. The van der Waals surface area contributed by atoms with Crippen LogP contribution in [0.3, 0.4) is 0 Å². The zero-order valence-electron chi connectivity index (χ0n) is 8.43. The SMILES string of the molecule is C=COC=C.C=COC=C.NSC(N)=S. The van der Waals surface area contributed by atoms with E-state index in [0.29, 0.717) is 0 Å². The predicted molar refractivity (Wildman–Crippen MR) is 71.5 cm³/mol. The van der Waals surface area contributed by atoms with Crippen molar-refractivity contribution in [1.82, 2.24) is 0 Å². The first-order valence-electron chi connectivity index (χ1n) is 3.51. The van der Waals surface area contributed by atoms with E-state index in [1.165, 1.54) is 25.0 Å². The minimum Gasteiger partial charge on any atom is -0.474 e. The zero-order chi connectivity index (χ0) is 12.5. The fourth-order valence-corrected chi connectivity index (χ4v) is 0.136. The van der Waals surface area contributed by atoms with Crippen molar-refractivity contribution in [2.75, 3.05) is 0 Å². The van der Waals surface area contributed by atoms with Gasteiger partial charge in [-0.2, -0.15) is 0 Å². The molecule has 0 aromatic rings. The molecular weight excluding hydrogens is 232 g/mol. The lowest BCUT2D eigenvalue weighted by Gasteiger charge is -1.78. The van der Waals surface area contributed by atoms with Crippen LogP contribution in [0.5, 0.6) is 0 Å². The van der Waals surface area contributed by atoms with Gasteiger partial charge < -0.3 is 15.2 Å². The van der Waals surface area contributed by atoms with Crippen LogP contribution in [0.25, 0.3) is 0 Å². The highest BCUT2D eigenvalue weighted by Gasteiger charge is 1.72. The molecule has 0 rings (SSSR count). The van der Waals surface area contributed by atoms with E-state index in [-0.39, 0.29) is 4.32 Å². The van der Waals surface area contributed by atoms with Gasteiger partial charge in [-0.05, 0) is 11.9 Å². The Hall–Kier alpha value is -1.24. The highest BCUT2D eigenvalue weighted by atomic mass is 32.2. The minimum atomic E-state index is 0.282. The summed E-state index contributed by atoms with van der Waals surface area (Å²) in [6.45, 7) is 13.0. The Balaban J connectivity index is -0.000000144. The number of ether oxygens (including phenoxy) is 2. The highest BCUT2D eigenvalue weighted by Crippen LogP contribution is 1.79. The maximum atomic E-state index is 4.86. The molecule has 86 valence electrons. The first-order chi connectivity index (χ1) is 7.10. The molecule has 0 spiro atoms.